The first-order chi connectivity index (χ1) is 8.69. The number of carbonyl (C=O) groups is 2. The van der Waals surface area contributed by atoms with Crippen LogP contribution in [0.3, 0.4) is 0 Å². The molecule has 0 aromatic carbocycles. The minimum Gasteiger partial charge on any atom is -0.339 e. The van der Waals surface area contributed by atoms with Gasteiger partial charge in [-0.25, -0.2) is 0 Å². The van der Waals surface area contributed by atoms with Crippen molar-refractivity contribution in [3.8, 4) is 0 Å². The van der Waals surface area contributed by atoms with Crippen molar-refractivity contribution in [2.45, 2.75) is 66.3 Å². The standard InChI is InChI=1S/C16H27NO2/c1-11(18)10-12-8-6-7-9-17(12)14(19)13-15(2,3)16(13,4)5/h12-13H,6-10H2,1-5H3. The Bertz CT molecular complexity index is 384. The molecule has 2 aliphatic rings. The van der Waals surface area contributed by atoms with Gasteiger partial charge in [0.2, 0.25) is 5.91 Å². The normalized spacial score (nSPS) is 29.1. The zero-order valence-electron chi connectivity index (χ0n) is 13.0. The van der Waals surface area contributed by atoms with E-state index in [0.29, 0.717) is 6.42 Å². The maximum absolute atomic E-state index is 12.8. The highest BCUT2D eigenvalue weighted by Gasteiger charge is 2.69. The highest BCUT2D eigenvalue weighted by Crippen LogP contribution is 2.69. The Morgan fingerprint density at radius 2 is 1.68 bits per heavy atom. The summed E-state index contributed by atoms with van der Waals surface area (Å²) < 4.78 is 0. The van der Waals surface area contributed by atoms with Crippen LogP contribution in [0, 0.1) is 16.7 Å². The Morgan fingerprint density at radius 3 is 2.16 bits per heavy atom. The summed E-state index contributed by atoms with van der Waals surface area (Å²) in [6.45, 7) is 11.2. The van der Waals surface area contributed by atoms with Crippen LogP contribution in [0.4, 0.5) is 0 Å². The number of hydrogen-bond acceptors (Lipinski definition) is 2. The summed E-state index contributed by atoms with van der Waals surface area (Å²) in [7, 11) is 0. The van der Waals surface area contributed by atoms with Gasteiger partial charge in [-0.2, -0.15) is 0 Å². The number of nitrogens with zero attached hydrogens (tertiary/aromatic N) is 1. The van der Waals surface area contributed by atoms with Gasteiger partial charge >= 0.3 is 0 Å². The van der Waals surface area contributed by atoms with Crippen LogP contribution in [-0.4, -0.2) is 29.2 Å². The fourth-order valence-corrected chi connectivity index (χ4v) is 3.81. The van der Waals surface area contributed by atoms with Crippen LogP contribution in [0.25, 0.3) is 0 Å². The number of piperidine rings is 1. The third-order valence-electron chi connectivity index (χ3n) is 5.70. The van der Waals surface area contributed by atoms with Gasteiger partial charge in [-0.1, -0.05) is 27.7 Å². The lowest BCUT2D eigenvalue weighted by molar-refractivity contribution is -0.138. The number of Topliss-reactive ketones (excluding diaryl/α,β-unsaturated/α-hetero) is 1. The summed E-state index contributed by atoms with van der Waals surface area (Å²) in [5.74, 6) is 0.590. The largest absolute Gasteiger partial charge is 0.339 e. The van der Waals surface area contributed by atoms with Crippen molar-refractivity contribution < 1.29 is 9.59 Å². The van der Waals surface area contributed by atoms with Crippen LogP contribution in [0.1, 0.15) is 60.3 Å². The molecule has 3 nitrogen and oxygen atoms in total. The zero-order valence-corrected chi connectivity index (χ0v) is 13.0. The maximum Gasteiger partial charge on any atom is 0.227 e. The van der Waals surface area contributed by atoms with E-state index in [1.165, 1.54) is 0 Å². The van der Waals surface area contributed by atoms with Crippen LogP contribution in [0.15, 0.2) is 0 Å². The summed E-state index contributed by atoms with van der Waals surface area (Å²) in [5.41, 5.74) is 0.171. The number of likely N-dealkylation sites (tertiary alicyclic amines) is 1. The molecule has 1 amide bonds. The molecule has 19 heavy (non-hydrogen) atoms. The third kappa shape index (κ3) is 2.32. The average molecular weight is 265 g/mol. The topological polar surface area (TPSA) is 37.4 Å². The molecule has 0 bridgehead atoms. The number of amides is 1. The molecule has 0 N–H and O–H groups in total. The van der Waals surface area contributed by atoms with Crippen molar-refractivity contribution in [2.75, 3.05) is 6.54 Å². The Labute approximate surface area is 116 Å². The molecule has 2 fully saturated rings. The summed E-state index contributed by atoms with van der Waals surface area (Å²) in [6.07, 6.45) is 3.73. The smallest absolute Gasteiger partial charge is 0.227 e. The number of hydrogen-bond donors (Lipinski definition) is 0. The molecular weight excluding hydrogens is 238 g/mol. The van der Waals surface area contributed by atoms with Gasteiger partial charge in [-0.05, 0) is 37.0 Å². The summed E-state index contributed by atoms with van der Waals surface area (Å²) in [5, 5.41) is 0. The van der Waals surface area contributed by atoms with E-state index in [9.17, 15) is 9.59 Å². The number of rotatable bonds is 3. The van der Waals surface area contributed by atoms with E-state index >= 15 is 0 Å². The van der Waals surface area contributed by atoms with Gasteiger partial charge in [-0.15, -0.1) is 0 Å². The van der Waals surface area contributed by atoms with Crippen LogP contribution in [0.5, 0.6) is 0 Å². The van der Waals surface area contributed by atoms with E-state index in [1.807, 2.05) is 4.90 Å². The monoisotopic (exact) mass is 265 g/mol. The van der Waals surface area contributed by atoms with Crippen LogP contribution in [0.2, 0.25) is 0 Å². The van der Waals surface area contributed by atoms with Gasteiger partial charge in [0, 0.05) is 24.9 Å². The molecule has 2 rings (SSSR count). The molecule has 1 heterocycles. The second-order valence-corrected chi connectivity index (χ2v) is 7.46. The Balaban J connectivity index is 2.11. The second-order valence-electron chi connectivity index (χ2n) is 7.46. The maximum atomic E-state index is 12.8. The fraction of sp³-hybridized carbons (Fsp3) is 0.875. The molecule has 1 unspecified atom stereocenters. The minimum atomic E-state index is 0.0856. The first-order valence-corrected chi connectivity index (χ1v) is 7.49. The fourth-order valence-electron chi connectivity index (χ4n) is 3.81. The molecule has 1 saturated carbocycles. The first-order valence-electron chi connectivity index (χ1n) is 7.49. The van der Waals surface area contributed by atoms with Crippen molar-refractivity contribution in [3.63, 3.8) is 0 Å². The number of carbonyl (C=O) groups excluding carboxylic acids is 2. The molecule has 3 heteroatoms. The van der Waals surface area contributed by atoms with Crippen molar-refractivity contribution in [2.24, 2.45) is 16.7 Å². The van der Waals surface area contributed by atoms with Crippen molar-refractivity contribution in [1.29, 1.82) is 0 Å². The lowest BCUT2D eigenvalue weighted by Gasteiger charge is -2.36. The quantitative estimate of drug-likeness (QED) is 0.786. The van der Waals surface area contributed by atoms with Crippen molar-refractivity contribution >= 4 is 11.7 Å². The zero-order chi connectivity index (χ0) is 14.4. The SMILES string of the molecule is CC(=O)CC1CCCCN1C(=O)C1C(C)(C)C1(C)C. The highest BCUT2D eigenvalue weighted by atomic mass is 16.2. The predicted octanol–water partition coefficient (Wildman–Crippen LogP) is 3.03. The molecule has 1 aliphatic carbocycles. The lowest BCUT2D eigenvalue weighted by Crippen LogP contribution is -2.46. The van der Waals surface area contributed by atoms with E-state index in [1.54, 1.807) is 6.92 Å². The third-order valence-corrected chi connectivity index (χ3v) is 5.70. The van der Waals surface area contributed by atoms with E-state index in [-0.39, 0.29) is 34.5 Å². The van der Waals surface area contributed by atoms with Crippen LogP contribution >= 0.6 is 0 Å². The van der Waals surface area contributed by atoms with Crippen LogP contribution in [-0.2, 0) is 9.59 Å². The molecule has 0 aromatic rings. The first kappa shape index (κ1) is 14.5. The molecule has 0 spiro atoms. The van der Waals surface area contributed by atoms with E-state index < -0.39 is 0 Å². The van der Waals surface area contributed by atoms with Gasteiger partial charge in [-0.3, -0.25) is 9.59 Å². The summed E-state index contributed by atoms with van der Waals surface area (Å²) >= 11 is 0. The Kier molecular flexibility index (Phi) is 3.53. The Hall–Kier alpha value is -0.860. The van der Waals surface area contributed by atoms with Crippen LogP contribution < -0.4 is 0 Å². The Morgan fingerprint density at radius 1 is 1.11 bits per heavy atom. The van der Waals surface area contributed by atoms with E-state index in [2.05, 4.69) is 27.7 Å². The summed E-state index contributed by atoms with van der Waals surface area (Å²) in [4.78, 5) is 26.2. The van der Waals surface area contributed by atoms with Crippen molar-refractivity contribution in [3.05, 3.63) is 0 Å². The number of ketones is 1. The minimum absolute atomic E-state index is 0.0856. The predicted molar refractivity (Wildman–Crippen MR) is 75.7 cm³/mol. The van der Waals surface area contributed by atoms with Gasteiger partial charge < -0.3 is 4.90 Å². The average Bonchev–Trinajstić information content (AvgIpc) is 2.68. The molecular formula is C16H27NO2. The summed E-state index contributed by atoms with van der Waals surface area (Å²) in [6, 6.07) is 0.144. The second kappa shape index (κ2) is 4.60. The van der Waals surface area contributed by atoms with Crippen molar-refractivity contribution in [1.82, 2.24) is 4.90 Å². The van der Waals surface area contributed by atoms with Gasteiger partial charge in [0.15, 0.2) is 0 Å². The molecule has 0 aromatic heterocycles. The highest BCUT2D eigenvalue weighted by molar-refractivity contribution is 5.85. The molecule has 0 radical (unpaired) electrons. The van der Waals surface area contributed by atoms with Gasteiger partial charge in [0.05, 0.1) is 0 Å². The molecule has 1 atom stereocenters. The van der Waals surface area contributed by atoms with Gasteiger partial charge in [0.1, 0.15) is 5.78 Å². The van der Waals surface area contributed by atoms with E-state index in [4.69, 9.17) is 0 Å². The lowest BCUT2D eigenvalue weighted by atomic mass is 9.96. The van der Waals surface area contributed by atoms with Gasteiger partial charge in [0.25, 0.3) is 0 Å². The van der Waals surface area contributed by atoms with E-state index in [0.717, 1.165) is 25.8 Å². The molecule has 1 saturated heterocycles. The molecule has 108 valence electrons. The molecule has 1 aliphatic heterocycles.